The van der Waals surface area contributed by atoms with Crippen molar-refractivity contribution in [3.05, 3.63) is 6.07 Å². The van der Waals surface area contributed by atoms with Gasteiger partial charge in [0.15, 0.2) is 5.16 Å². The quantitative estimate of drug-likeness (QED) is 0.586. The number of nitrogens with one attached hydrogen (secondary N) is 2. The molecule has 2 N–H and O–H groups in total. The number of anilines is 2. The normalized spacial score (nSPS) is 12.6. The zero-order valence-electron chi connectivity index (χ0n) is 11.9. The standard InChI is InChI=1S/C13H24N4S/c1-9(2)6-7-10(3)15-12-8-11(14-4)16-13(17-12)18-5/h8-10H,6-7H2,1-5H3,(H2,14,15,16,17). The fourth-order valence-corrected chi connectivity index (χ4v) is 2.01. The van der Waals surface area contributed by atoms with Gasteiger partial charge < -0.3 is 10.6 Å². The maximum Gasteiger partial charge on any atom is 0.191 e. The second-order valence-corrected chi connectivity index (χ2v) is 5.67. The molecule has 1 heterocycles. The molecule has 0 saturated heterocycles. The molecular weight excluding hydrogens is 244 g/mol. The molecule has 0 bridgehead atoms. The van der Waals surface area contributed by atoms with E-state index in [1.54, 1.807) is 11.8 Å². The predicted octanol–water partition coefficient (Wildman–Crippen LogP) is 3.48. The van der Waals surface area contributed by atoms with Crippen molar-refractivity contribution in [3.63, 3.8) is 0 Å². The highest BCUT2D eigenvalue weighted by Gasteiger charge is 2.07. The molecule has 0 aromatic carbocycles. The van der Waals surface area contributed by atoms with Crippen LogP contribution in [-0.2, 0) is 0 Å². The van der Waals surface area contributed by atoms with Crippen LogP contribution in [0.25, 0.3) is 0 Å². The van der Waals surface area contributed by atoms with Gasteiger partial charge in [0.05, 0.1) is 0 Å². The number of hydrogen-bond acceptors (Lipinski definition) is 5. The predicted molar refractivity (Wildman–Crippen MR) is 80.5 cm³/mol. The van der Waals surface area contributed by atoms with E-state index in [-0.39, 0.29) is 0 Å². The molecule has 18 heavy (non-hydrogen) atoms. The number of thioether (sulfide) groups is 1. The number of aromatic nitrogens is 2. The minimum Gasteiger partial charge on any atom is -0.373 e. The minimum atomic E-state index is 0.432. The van der Waals surface area contributed by atoms with E-state index in [0.29, 0.717) is 6.04 Å². The van der Waals surface area contributed by atoms with Crippen molar-refractivity contribution in [3.8, 4) is 0 Å². The van der Waals surface area contributed by atoms with E-state index in [4.69, 9.17) is 0 Å². The summed E-state index contributed by atoms with van der Waals surface area (Å²) in [4.78, 5) is 8.82. The maximum absolute atomic E-state index is 4.47. The van der Waals surface area contributed by atoms with Crippen LogP contribution >= 0.6 is 11.8 Å². The molecule has 4 nitrogen and oxygen atoms in total. The van der Waals surface area contributed by atoms with Crippen molar-refractivity contribution >= 4 is 23.4 Å². The minimum absolute atomic E-state index is 0.432. The molecule has 0 aliphatic heterocycles. The van der Waals surface area contributed by atoms with E-state index >= 15 is 0 Å². The van der Waals surface area contributed by atoms with E-state index in [1.165, 1.54) is 6.42 Å². The highest BCUT2D eigenvalue weighted by atomic mass is 32.2. The first kappa shape index (κ1) is 15.1. The van der Waals surface area contributed by atoms with Crippen LogP contribution < -0.4 is 10.6 Å². The molecule has 1 rings (SSSR count). The summed E-state index contributed by atoms with van der Waals surface area (Å²) in [6.07, 6.45) is 4.37. The first-order valence-corrected chi connectivity index (χ1v) is 7.65. The van der Waals surface area contributed by atoms with Crippen molar-refractivity contribution in [2.45, 2.75) is 44.8 Å². The van der Waals surface area contributed by atoms with Gasteiger partial charge in [-0.1, -0.05) is 25.6 Å². The summed E-state index contributed by atoms with van der Waals surface area (Å²) < 4.78 is 0. The van der Waals surface area contributed by atoms with Crippen LogP contribution in [0.4, 0.5) is 11.6 Å². The third kappa shape index (κ3) is 5.12. The van der Waals surface area contributed by atoms with E-state index in [2.05, 4.69) is 41.4 Å². The van der Waals surface area contributed by atoms with Crippen LogP contribution in [0, 0.1) is 5.92 Å². The summed E-state index contributed by atoms with van der Waals surface area (Å²) in [6, 6.07) is 2.38. The molecule has 0 fully saturated rings. The van der Waals surface area contributed by atoms with Gasteiger partial charge in [0.2, 0.25) is 0 Å². The molecule has 0 aliphatic rings. The van der Waals surface area contributed by atoms with Crippen molar-refractivity contribution < 1.29 is 0 Å². The zero-order valence-corrected chi connectivity index (χ0v) is 12.8. The zero-order chi connectivity index (χ0) is 13.5. The third-order valence-corrected chi connectivity index (χ3v) is 3.26. The summed E-state index contributed by atoms with van der Waals surface area (Å²) in [5, 5.41) is 7.30. The highest BCUT2D eigenvalue weighted by Crippen LogP contribution is 2.18. The lowest BCUT2D eigenvalue weighted by molar-refractivity contribution is 0.527. The Balaban J connectivity index is 2.65. The van der Waals surface area contributed by atoms with E-state index < -0.39 is 0 Å². The molecule has 1 aromatic heterocycles. The Labute approximate surface area is 114 Å². The van der Waals surface area contributed by atoms with Crippen LogP contribution in [0.1, 0.15) is 33.6 Å². The van der Waals surface area contributed by atoms with Crippen LogP contribution in [0.5, 0.6) is 0 Å². The second-order valence-electron chi connectivity index (χ2n) is 4.89. The van der Waals surface area contributed by atoms with E-state index in [9.17, 15) is 0 Å². The lowest BCUT2D eigenvalue weighted by atomic mass is 10.0. The Bertz CT molecular complexity index is 346. The fourth-order valence-electron chi connectivity index (χ4n) is 1.63. The summed E-state index contributed by atoms with van der Waals surface area (Å²) in [7, 11) is 1.87. The monoisotopic (exact) mass is 268 g/mol. The van der Waals surface area contributed by atoms with Crippen LogP contribution in [-0.4, -0.2) is 29.3 Å². The van der Waals surface area contributed by atoms with Crippen molar-refractivity contribution in [2.75, 3.05) is 23.9 Å². The van der Waals surface area contributed by atoms with Crippen LogP contribution in [0.3, 0.4) is 0 Å². The molecule has 0 spiro atoms. The van der Waals surface area contributed by atoms with Gasteiger partial charge in [0.1, 0.15) is 11.6 Å². The Kier molecular flexibility index (Phi) is 6.25. The van der Waals surface area contributed by atoms with Crippen molar-refractivity contribution in [1.82, 2.24) is 9.97 Å². The van der Waals surface area contributed by atoms with Gasteiger partial charge in [0.25, 0.3) is 0 Å². The van der Waals surface area contributed by atoms with Gasteiger partial charge in [-0.2, -0.15) is 0 Å². The van der Waals surface area contributed by atoms with Crippen molar-refractivity contribution in [2.24, 2.45) is 5.92 Å². The Hall–Kier alpha value is -0.970. The molecule has 1 atom stereocenters. The van der Waals surface area contributed by atoms with Gasteiger partial charge in [-0.05, 0) is 31.9 Å². The van der Waals surface area contributed by atoms with E-state index in [1.807, 2.05) is 19.4 Å². The summed E-state index contributed by atoms with van der Waals surface area (Å²) in [5.41, 5.74) is 0. The van der Waals surface area contributed by atoms with Gasteiger partial charge in [0, 0.05) is 19.2 Å². The highest BCUT2D eigenvalue weighted by molar-refractivity contribution is 7.98. The average molecular weight is 268 g/mol. The Morgan fingerprint density at radius 2 is 1.83 bits per heavy atom. The smallest absolute Gasteiger partial charge is 0.191 e. The lowest BCUT2D eigenvalue weighted by Gasteiger charge is -2.16. The third-order valence-electron chi connectivity index (χ3n) is 2.72. The molecule has 102 valence electrons. The molecule has 0 saturated carbocycles. The average Bonchev–Trinajstić information content (AvgIpc) is 2.35. The topological polar surface area (TPSA) is 49.8 Å². The van der Waals surface area contributed by atoms with E-state index in [0.717, 1.165) is 29.1 Å². The molecule has 5 heteroatoms. The summed E-state index contributed by atoms with van der Waals surface area (Å²) in [5.74, 6) is 2.50. The molecule has 1 aromatic rings. The largest absolute Gasteiger partial charge is 0.373 e. The first-order chi connectivity index (χ1) is 8.55. The Morgan fingerprint density at radius 3 is 2.39 bits per heavy atom. The van der Waals surface area contributed by atoms with Gasteiger partial charge in [-0.25, -0.2) is 9.97 Å². The molecule has 0 aliphatic carbocycles. The number of hydrogen-bond donors (Lipinski definition) is 2. The Morgan fingerprint density at radius 1 is 1.17 bits per heavy atom. The van der Waals surface area contributed by atoms with Gasteiger partial charge in [-0.15, -0.1) is 0 Å². The first-order valence-electron chi connectivity index (χ1n) is 6.42. The van der Waals surface area contributed by atoms with Crippen molar-refractivity contribution in [1.29, 1.82) is 0 Å². The molecule has 1 unspecified atom stereocenters. The van der Waals surface area contributed by atoms with Crippen LogP contribution in [0.15, 0.2) is 11.2 Å². The van der Waals surface area contributed by atoms with Crippen LogP contribution in [0.2, 0.25) is 0 Å². The van der Waals surface area contributed by atoms with Gasteiger partial charge in [-0.3, -0.25) is 0 Å². The molecular formula is C13H24N4S. The van der Waals surface area contributed by atoms with Gasteiger partial charge >= 0.3 is 0 Å². The SMILES string of the molecule is CNc1cc(NC(C)CCC(C)C)nc(SC)n1. The summed E-state index contributed by atoms with van der Waals surface area (Å²) >= 11 is 1.56. The molecule has 0 radical (unpaired) electrons. The maximum atomic E-state index is 4.47. The lowest BCUT2D eigenvalue weighted by Crippen LogP contribution is -2.17. The second kappa shape index (κ2) is 7.46. The fraction of sp³-hybridized carbons (Fsp3) is 0.692. The number of rotatable bonds is 7. The molecule has 0 amide bonds. The number of nitrogens with zero attached hydrogens (tertiary/aromatic N) is 2. The summed E-state index contributed by atoms with van der Waals surface area (Å²) in [6.45, 7) is 6.70.